The molecule has 0 bridgehead atoms. The number of rotatable bonds is 2. The fourth-order valence-corrected chi connectivity index (χ4v) is 2.99. The third-order valence-electron chi connectivity index (χ3n) is 4.18. The minimum Gasteiger partial charge on any atom is -0.450 e. The highest BCUT2D eigenvalue weighted by atomic mass is 16.6. The molecule has 26 heavy (non-hydrogen) atoms. The van der Waals surface area contributed by atoms with Crippen molar-refractivity contribution in [1.29, 1.82) is 0 Å². The van der Waals surface area contributed by atoms with Gasteiger partial charge in [0.1, 0.15) is 0 Å². The maximum atomic E-state index is 12.3. The number of hydrogen-bond donors (Lipinski definition) is 1. The van der Waals surface area contributed by atoms with Crippen molar-refractivity contribution in [2.75, 3.05) is 25.0 Å². The Labute approximate surface area is 156 Å². The molecule has 0 aromatic carbocycles. The van der Waals surface area contributed by atoms with E-state index in [1.54, 1.807) is 24.2 Å². The summed E-state index contributed by atoms with van der Waals surface area (Å²) < 4.78 is 5.02. The van der Waals surface area contributed by atoms with Crippen LogP contribution in [-0.2, 0) is 11.3 Å². The van der Waals surface area contributed by atoms with Crippen molar-refractivity contribution in [3.05, 3.63) is 24.0 Å². The van der Waals surface area contributed by atoms with E-state index in [-0.39, 0.29) is 18.2 Å². The number of nitrogens with one attached hydrogen (secondary N) is 1. The first-order valence-electron chi connectivity index (χ1n) is 9.61. The Morgan fingerprint density at radius 1 is 1.27 bits per heavy atom. The smallest absolute Gasteiger partial charge is 0.409 e. The molecule has 1 aromatic heterocycles. The molecule has 0 radical (unpaired) electrons. The van der Waals surface area contributed by atoms with Crippen molar-refractivity contribution < 1.29 is 14.3 Å². The lowest BCUT2D eigenvalue weighted by Gasteiger charge is -2.40. The second kappa shape index (κ2) is 11.3. The average molecular weight is 364 g/mol. The van der Waals surface area contributed by atoms with Crippen LogP contribution >= 0.6 is 0 Å². The molecule has 2 aliphatic heterocycles. The number of carbonyl (C=O) groups excluding carboxylic acids is 2. The van der Waals surface area contributed by atoms with Gasteiger partial charge in [-0.15, -0.1) is 0 Å². The van der Waals surface area contributed by atoms with Crippen LogP contribution in [0.4, 0.5) is 15.3 Å². The first-order chi connectivity index (χ1) is 12.7. The molecule has 7 heteroatoms. The molecule has 0 atom stereocenters. The van der Waals surface area contributed by atoms with Crippen molar-refractivity contribution >= 4 is 17.8 Å². The zero-order valence-corrected chi connectivity index (χ0v) is 16.6. The van der Waals surface area contributed by atoms with Crippen molar-refractivity contribution in [2.24, 2.45) is 0 Å². The molecular formula is C19H32N4O3. The SMILES string of the molecule is CC.CC.CCOC(=O)N1CCC(N2Cc3cnccc3NC2=O)CC1. The first kappa shape index (κ1) is 21.7. The minimum absolute atomic E-state index is 0.0757. The molecule has 1 fully saturated rings. The fraction of sp³-hybridized carbons (Fsp3) is 0.632. The van der Waals surface area contributed by atoms with Crippen LogP contribution in [0.15, 0.2) is 18.5 Å². The van der Waals surface area contributed by atoms with E-state index in [9.17, 15) is 9.59 Å². The Morgan fingerprint density at radius 2 is 1.92 bits per heavy atom. The van der Waals surface area contributed by atoms with Crippen molar-refractivity contribution in [2.45, 2.75) is 60.0 Å². The maximum absolute atomic E-state index is 12.3. The Morgan fingerprint density at radius 3 is 2.54 bits per heavy atom. The number of nitrogens with zero attached hydrogens (tertiary/aromatic N) is 3. The number of anilines is 1. The molecular weight excluding hydrogens is 332 g/mol. The van der Waals surface area contributed by atoms with Gasteiger partial charge >= 0.3 is 12.1 Å². The quantitative estimate of drug-likeness (QED) is 0.857. The maximum Gasteiger partial charge on any atom is 0.409 e. The van der Waals surface area contributed by atoms with Gasteiger partial charge in [-0.3, -0.25) is 4.98 Å². The zero-order chi connectivity index (χ0) is 19.5. The van der Waals surface area contributed by atoms with E-state index in [2.05, 4.69) is 10.3 Å². The Balaban J connectivity index is 0.000000791. The standard InChI is InChI=1S/C15H20N4O3.2C2H6/c1-2-22-15(21)18-7-4-12(5-8-18)19-10-11-9-16-6-3-13(11)17-14(19)20;2*1-2/h3,6,9,12H,2,4-5,7-8,10H2,1H3,(H,17,20);2*1-2H3. The number of urea groups is 1. The van der Waals surface area contributed by atoms with Gasteiger partial charge in [0.15, 0.2) is 0 Å². The summed E-state index contributed by atoms with van der Waals surface area (Å²) in [4.78, 5) is 31.6. The average Bonchev–Trinajstić information content (AvgIpc) is 2.71. The molecule has 3 amide bonds. The van der Waals surface area contributed by atoms with E-state index in [0.29, 0.717) is 26.2 Å². The van der Waals surface area contributed by atoms with E-state index in [1.807, 2.05) is 38.7 Å². The Hall–Kier alpha value is -2.31. The summed E-state index contributed by atoms with van der Waals surface area (Å²) in [5.74, 6) is 0. The van der Waals surface area contributed by atoms with Gasteiger partial charge in [-0.1, -0.05) is 27.7 Å². The number of aromatic nitrogens is 1. The topological polar surface area (TPSA) is 74.8 Å². The summed E-state index contributed by atoms with van der Waals surface area (Å²) in [5, 5.41) is 2.90. The van der Waals surface area contributed by atoms with Crippen molar-refractivity contribution in [3.8, 4) is 0 Å². The van der Waals surface area contributed by atoms with Crippen LogP contribution in [0.25, 0.3) is 0 Å². The highest BCUT2D eigenvalue weighted by molar-refractivity contribution is 5.92. The monoisotopic (exact) mass is 364 g/mol. The molecule has 3 heterocycles. The summed E-state index contributed by atoms with van der Waals surface area (Å²) in [6.45, 7) is 12.0. The van der Waals surface area contributed by atoms with Crippen molar-refractivity contribution in [1.82, 2.24) is 14.8 Å². The number of carbonyl (C=O) groups is 2. The van der Waals surface area contributed by atoms with E-state index in [1.165, 1.54) is 0 Å². The molecule has 0 aliphatic carbocycles. The van der Waals surface area contributed by atoms with Crippen molar-refractivity contribution in [3.63, 3.8) is 0 Å². The molecule has 7 nitrogen and oxygen atoms in total. The van der Waals surface area contributed by atoms with Gasteiger partial charge in [-0.05, 0) is 25.8 Å². The molecule has 1 aromatic rings. The number of ether oxygens (including phenoxy) is 1. The van der Waals surface area contributed by atoms with Gasteiger partial charge in [-0.2, -0.15) is 0 Å². The molecule has 1 saturated heterocycles. The minimum atomic E-state index is -0.265. The number of hydrogen-bond acceptors (Lipinski definition) is 4. The van der Waals surface area contributed by atoms with Crippen LogP contribution in [0.5, 0.6) is 0 Å². The summed E-state index contributed by atoms with van der Waals surface area (Å²) in [7, 11) is 0. The summed E-state index contributed by atoms with van der Waals surface area (Å²) >= 11 is 0. The fourth-order valence-electron chi connectivity index (χ4n) is 2.99. The van der Waals surface area contributed by atoms with E-state index in [4.69, 9.17) is 4.74 Å². The normalized spacial score (nSPS) is 16.3. The predicted molar refractivity (Wildman–Crippen MR) is 103 cm³/mol. The van der Waals surface area contributed by atoms with Gasteiger partial charge in [0.2, 0.25) is 0 Å². The largest absolute Gasteiger partial charge is 0.450 e. The molecule has 146 valence electrons. The second-order valence-electron chi connectivity index (χ2n) is 5.51. The van der Waals surface area contributed by atoms with Gasteiger partial charge in [0, 0.05) is 37.1 Å². The highest BCUT2D eigenvalue weighted by Crippen LogP contribution is 2.27. The van der Waals surface area contributed by atoms with Crippen LogP contribution in [0.1, 0.15) is 53.0 Å². The van der Waals surface area contributed by atoms with Gasteiger partial charge in [0.25, 0.3) is 0 Å². The summed E-state index contributed by atoms with van der Waals surface area (Å²) in [5.41, 5.74) is 1.86. The number of fused-ring (bicyclic) bond motifs is 1. The molecule has 0 spiro atoms. The Kier molecular flexibility index (Phi) is 9.47. The second-order valence-corrected chi connectivity index (χ2v) is 5.51. The number of pyridine rings is 1. The van der Waals surface area contributed by atoms with Gasteiger partial charge < -0.3 is 19.9 Å². The van der Waals surface area contributed by atoms with E-state index in [0.717, 1.165) is 24.1 Å². The third kappa shape index (κ3) is 5.34. The van der Waals surface area contributed by atoms with Crippen LogP contribution in [0, 0.1) is 0 Å². The lowest BCUT2D eigenvalue weighted by atomic mass is 10.0. The lowest BCUT2D eigenvalue weighted by Crippen LogP contribution is -2.51. The predicted octanol–water partition coefficient (Wildman–Crippen LogP) is 4.10. The Bertz CT molecular complexity index is 572. The highest BCUT2D eigenvalue weighted by Gasteiger charge is 2.32. The van der Waals surface area contributed by atoms with Gasteiger partial charge in [-0.25, -0.2) is 9.59 Å². The molecule has 0 saturated carbocycles. The summed E-state index contributed by atoms with van der Waals surface area (Å²) in [6.07, 6.45) is 4.73. The number of piperidine rings is 1. The summed E-state index contributed by atoms with van der Waals surface area (Å²) in [6, 6.07) is 1.88. The van der Waals surface area contributed by atoms with Crippen LogP contribution in [0.3, 0.4) is 0 Å². The zero-order valence-electron chi connectivity index (χ0n) is 16.6. The third-order valence-corrected chi connectivity index (χ3v) is 4.18. The van der Waals surface area contributed by atoms with Crippen LogP contribution in [-0.4, -0.2) is 52.6 Å². The van der Waals surface area contributed by atoms with Crippen LogP contribution < -0.4 is 5.32 Å². The van der Waals surface area contributed by atoms with E-state index >= 15 is 0 Å². The molecule has 1 N–H and O–H groups in total. The molecule has 0 unspecified atom stereocenters. The van der Waals surface area contributed by atoms with Gasteiger partial charge in [0.05, 0.1) is 18.8 Å². The lowest BCUT2D eigenvalue weighted by molar-refractivity contribution is 0.0812. The van der Waals surface area contributed by atoms with E-state index < -0.39 is 0 Å². The molecule has 3 rings (SSSR count). The number of likely N-dealkylation sites (tertiary alicyclic amines) is 1. The molecule has 2 aliphatic rings. The number of amides is 3. The first-order valence-corrected chi connectivity index (χ1v) is 9.61. The van der Waals surface area contributed by atoms with Crippen LogP contribution in [0.2, 0.25) is 0 Å².